The summed E-state index contributed by atoms with van der Waals surface area (Å²) in [4.78, 5) is 25.4. The second-order valence-corrected chi connectivity index (χ2v) is 9.60. The summed E-state index contributed by atoms with van der Waals surface area (Å²) in [7, 11) is 0. The van der Waals surface area contributed by atoms with Crippen LogP contribution in [-0.2, 0) is 19.1 Å². The van der Waals surface area contributed by atoms with Crippen molar-refractivity contribution in [2.24, 2.45) is 28.6 Å². The average Bonchev–Trinajstić information content (AvgIpc) is 3.24. The predicted molar refractivity (Wildman–Crippen MR) is 84.7 cm³/mol. The molecule has 10 atom stereocenters. The zero-order valence-electron chi connectivity index (χ0n) is 14.5. The molecule has 0 aromatic carbocycles. The van der Waals surface area contributed by atoms with E-state index in [1.54, 1.807) is 6.92 Å². The maximum Gasteiger partial charge on any atom is 0.315 e. The summed E-state index contributed by atoms with van der Waals surface area (Å²) in [6.07, 6.45) is -0.314. The van der Waals surface area contributed by atoms with Gasteiger partial charge in [0.1, 0.15) is 29.3 Å². The van der Waals surface area contributed by atoms with E-state index in [4.69, 9.17) is 9.47 Å². The highest BCUT2D eigenvalue weighted by Gasteiger charge is 2.90. The van der Waals surface area contributed by atoms with Crippen molar-refractivity contribution in [1.29, 1.82) is 0 Å². The van der Waals surface area contributed by atoms with Crippen LogP contribution in [0.3, 0.4) is 0 Å². The normalized spacial score (nSPS) is 63.8. The Labute approximate surface area is 150 Å². The van der Waals surface area contributed by atoms with Gasteiger partial charge in [0, 0.05) is 11.8 Å². The number of carbonyl (C=O) groups excluding carboxylic acids is 1. The second-order valence-electron chi connectivity index (χ2n) is 9.60. The molecule has 2 saturated heterocycles. The minimum atomic E-state index is -1.24. The number of aliphatic hydroxyl groups excluding tert-OH is 1. The molecular formula is C19H22O7. The van der Waals surface area contributed by atoms with Crippen LogP contribution in [0.5, 0.6) is 0 Å². The molecule has 26 heavy (non-hydrogen) atoms. The van der Waals surface area contributed by atoms with Gasteiger partial charge in [-0.1, -0.05) is 6.58 Å². The smallest absolute Gasteiger partial charge is 0.315 e. The van der Waals surface area contributed by atoms with Crippen LogP contribution in [0.4, 0.5) is 0 Å². The lowest BCUT2D eigenvalue weighted by molar-refractivity contribution is -0.180. The summed E-state index contributed by atoms with van der Waals surface area (Å²) in [6.45, 7) is 5.77. The summed E-state index contributed by atoms with van der Waals surface area (Å²) in [5.74, 6) is -3.29. The zero-order valence-corrected chi connectivity index (χ0v) is 14.5. The van der Waals surface area contributed by atoms with Gasteiger partial charge in [0.05, 0.1) is 11.5 Å². The van der Waals surface area contributed by atoms with Crippen molar-refractivity contribution in [2.45, 2.75) is 62.1 Å². The molecule has 6 rings (SSSR count). The van der Waals surface area contributed by atoms with Gasteiger partial charge < -0.3 is 24.8 Å². The highest BCUT2D eigenvalue weighted by molar-refractivity contribution is 5.86. The molecule has 2 aliphatic heterocycles. The standard InChI is InChI=1S/C19H22O7/c1-7-5-17-6-18(7,24)4-3-8(17)19-11(9(17)14(21)22)16(2,15(23)26-19)13-10(25-13)12(19)20/h8-13,20,24H,1,3-6H2,2H3,(H,21,22)/t8-,9-,10+,11-,12+,13+,16+,17+,18+,19-/m1/s1. The monoisotopic (exact) mass is 362 g/mol. The van der Waals surface area contributed by atoms with E-state index in [0.717, 1.165) is 0 Å². The maximum absolute atomic E-state index is 12.9. The third kappa shape index (κ3) is 1.22. The molecule has 6 aliphatic rings. The number of carboxylic acids is 1. The van der Waals surface area contributed by atoms with Gasteiger partial charge in [-0.25, -0.2) is 0 Å². The largest absolute Gasteiger partial charge is 0.481 e. The van der Waals surface area contributed by atoms with Crippen LogP contribution in [-0.4, -0.2) is 56.8 Å². The van der Waals surface area contributed by atoms with Gasteiger partial charge in [0.15, 0.2) is 0 Å². The second kappa shape index (κ2) is 3.88. The summed E-state index contributed by atoms with van der Waals surface area (Å²) in [6, 6.07) is 0. The Hall–Kier alpha value is -1.44. The number of hydrogen-bond acceptors (Lipinski definition) is 6. The number of hydrogen-bond donors (Lipinski definition) is 3. The fraction of sp³-hybridized carbons (Fsp3) is 0.789. The van der Waals surface area contributed by atoms with E-state index in [0.29, 0.717) is 31.3 Å². The Balaban J connectivity index is 1.63. The van der Waals surface area contributed by atoms with Crippen molar-refractivity contribution < 1.29 is 34.4 Å². The van der Waals surface area contributed by atoms with Gasteiger partial charge in [0.25, 0.3) is 0 Å². The van der Waals surface area contributed by atoms with Crippen LogP contribution in [0.15, 0.2) is 12.2 Å². The Bertz CT molecular complexity index is 808. The first-order valence-corrected chi connectivity index (χ1v) is 9.33. The van der Waals surface area contributed by atoms with Gasteiger partial charge in [0.2, 0.25) is 0 Å². The number of epoxide rings is 1. The molecule has 4 saturated carbocycles. The fourth-order valence-corrected chi connectivity index (χ4v) is 7.98. The van der Waals surface area contributed by atoms with E-state index in [-0.39, 0.29) is 5.92 Å². The molecule has 6 fully saturated rings. The summed E-state index contributed by atoms with van der Waals surface area (Å²) in [5, 5.41) is 32.3. The topological polar surface area (TPSA) is 117 Å². The van der Waals surface area contributed by atoms with Crippen LogP contribution in [0.1, 0.15) is 32.6 Å². The summed E-state index contributed by atoms with van der Waals surface area (Å²) in [5.41, 5.74) is -3.42. The maximum atomic E-state index is 12.9. The number of carboxylic acid groups (broad SMARTS) is 1. The van der Waals surface area contributed by atoms with E-state index in [9.17, 15) is 24.9 Å². The lowest BCUT2D eigenvalue weighted by Crippen LogP contribution is -2.59. The van der Waals surface area contributed by atoms with E-state index < -0.39 is 64.1 Å². The molecule has 0 aromatic rings. The third-order valence-corrected chi connectivity index (χ3v) is 8.86. The van der Waals surface area contributed by atoms with Gasteiger partial charge in [-0.05, 0) is 43.6 Å². The molecule has 3 N–H and O–H groups in total. The molecule has 0 unspecified atom stereocenters. The minimum absolute atomic E-state index is 0.313. The number of aliphatic hydroxyl groups is 2. The molecule has 1 spiro atoms. The quantitative estimate of drug-likeness (QED) is 0.347. The first kappa shape index (κ1) is 15.6. The highest BCUT2D eigenvalue weighted by Crippen LogP contribution is 2.80. The number of rotatable bonds is 1. The Morgan fingerprint density at radius 2 is 2.12 bits per heavy atom. The lowest BCUT2D eigenvalue weighted by Gasteiger charge is -2.46. The van der Waals surface area contributed by atoms with Crippen LogP contribution < -0.4 is 0 Å². The van der Waals surface area contributed by atoms with Crippen LogP contribution in [0.2, 0.25) is 0 Å². The fourth-order valence-electron chi connectivity index (χ4n) is 7.98. The Kier molecular flexibility index (Phi) is 2.33. The van der Waals surface area contributed by atoms with Crippen molar-refractivity contribution in [1.82, 2.24) is 0 Å². The molecular weight excluding hydrogens is 340 g/mol. The highest BCUT2D eigenvalue weighted by atomic mass is 16.6. The van der Waals surface area contributed by atoms with E-state index in [2.05, 4.69) is 6.58 Å². The van der Waals surface area contributed by atoms with Crippen molar-refractivity contribution >= 4 is 11.9 Å². The van der Waals surface area contributed by atoms with Crippen molar-refractivity contribution in [2.75, 3.05) is 0 Å². The van der Waals surface area contributed by atoms with E-state index in [1.807, 2.05) is 0 Å². The minimum Gasteiger partial charge on any atom is -0.481 e. The molecule has 0 aromatic heterocycles. The predicted octanol–water partition coefficient (Wildman–Crippen LogP) is 0.238. The van der Waals surface area contributed by atoms with Gasteiger partial charge >= 0.3 is 11.9 Å². The molecule has 0 amide bonds. The van der Waals surface area contributed by atoms with Crippen LogP contribution in [0, 0.1) is 28.6 Å². The molecule has 4 aliphatic carbocycles. The van der Waals surface area contributed by atoms with Gasteiger partial charge in [-0.2, -0.15) is 0 Å². The van der Waals surface area contributed by atoms with Gasteiger partial charge in [-0.15, -0.1) is 0 Å². The number of ether oxygens (including phenoxy) is 2. The number of aliphatic carboxylic acids is 1. The number of carbonyl (C=O) groups is 2. The third-order valence-electron chi connectivity index (χ3n) is 8.86. The number of esters is 1. The van der Waals surface area contributed by atoms with Crippen LogP contribution in [0.25, 0.3) is 0 Å². The molecule has 2 heterocycles. The number of fused-ring (bicyclic) bond motifs is 3. The molecule has 0 radical (unpaired) electrons. The average molecular weight is 362 g/mol. The first-order chi connectivity index (χ1) is 12.1. The SMILES string of the molecule is C=C1C[C@]23C[C@@]1(O)CC[C@H]2[C@@]12OC(=O)[C@@](C)([C@H]1[C@@H]3C(=O)O)[C@H]1O[C@H]1[C@@H]2O. The van der Waals surface area contributed by atoms with Gasteiger partial charge in [-0.3, -0.25) is 9.59 Å². The molecule has 4 bridgehead atoms. The molecule has 140 valence electrons. The van der Waals surface area contributed by atoms with Crippen molar-refractivity contribution in [3.8, 4) is 0 Å². The molecule has 7 heteroatoms. The van der Waals surface area contributed by atoms with E-state index >= 15 is 0 Å². The lowest BCUT2D eigenvalue weighted by atomic mass is 9.59. The summed E-state index contributed by atoms with van der Waals surface area (Å²) >= 11 is 0. The Morgan fingerprint density at radius 3 is 2.81 bits per heavy atom. The van der Waals surface area contributed by atoms with Crippen LogP contribution >= 0.6 is 0 Å². The van der Waals surface area contributed by atoms with Crippen molar-refractivity contribution in [3.05, 3.63) is 12.2 Å². The van der Waals surface area contributed by atoms with E-state index in [1.165, 1.54) is 0 Å². The molecule has 7 nitrogen and oxygen atoms in total. The zero-order chi connectivity index (χ0) is 18.4. The summed E-state index contributed by atoms with van der Waals surface area (Å²) < 4.78 is 11.6. The first-order valence-electron chi connectivity index (χ1n) is 9.33. The Morgan fingerprint density at radius 1 is 1.38 bits per heavy atom. The van der Waals surface area contributed by atoms with Crippen molar-refractivity contribution in [3.63, 3.8) is 0 Å².